The topological polar surface area (TPSA) is 120 Å². The molecule has 1 amide bonds. The minimum Gasteiger partial charge on any atom is -0.338 e. The second kappa shape index (κ2) is 9.40. The van der Waals surface area contributed by atoms with Crippen molar-refractivity contribution in [3.8, 4) is 6.07 Å². The highest BCUT2D eigenvalue weighted by Gasteiger charge is 2.45. The molecule has 0 spiro atoms. The fourth-order valence-corrected chi connectivity index (χ4v) is 6.99. The highest BCUT2D eigenvalue weighted by molar-refractivity contribution is 7.91. The van der Waals surface area contributed by atoms with Crippen molar-refractivity contribution in [3.05, 3.63) is 53.6 Å². The van der Waals surface area contributed by atoms with Crippen LogP contribution >= 0.6 is 0 Å². The van der Waals surface area contributed by atoms with Gasteiger partial charge in [-0.15, -0.1) is 0 Å². The zero-order valence-electron chi connectivity index (χ0n) is 19.5. The summed E-state index contributed by atoms with van der Waals surface area (Å²) in [6.07, 6.45) is 2.69. The molecular weight excluding hydrogens is 466 g/mol. The van der Waals surface area contributed by atoms with Gasteiger partial charge in [0.05, 0.1) is 22.3 Å². The van der Waals surface area contributed by atoms with Crippen LogP contribution in [0.25, 0.3) is 11.0 Å². The Bertz CT molecular complexity index is 1360. The smallest absolute Gasteiger partial charge is 0.253 e. The van der Waals surface area contributed by atoms with Crippen LogP contribution in [0.5, 0.6) is 0 Å². The van der Waals surface area contributed by atoms with E-state index in [0.717, 1.165) is 25.9 Å². The first-order valence-corrected chi connectivity index (χ1v) is 13.5. The van der Waals surface area contributed by atoms with Crippen LogP contribution in [0.15, 0.2) is 52.0 Å². The number of hydrogen-bond donors (Lipinski definition) is 0. The molecule has 10 heteroatoms. The van der Waals surface area contributed by atoms with Crippen molar-refractivity contribution in [2.45, 2.75) is 30.2 Å². The maximum atomic E-state index is 13.2. The standard InChI is InChI=1S/C25H27N5O4S/c1-29(25(31)18-7-10-22-23(13-18)28-34-27-22)24-19-5-6-20(24)16-30(15-19)11-2-12-35(32,33)21-8-3-17(14-26)4-9-21/h3-4,7-10,13,19-20,24H,2,5-6,11-12,15-16H2,1H3. The van der Waals surface area contributed by atoms with Crippen LogP contribution in [-0.4, -0.2) is 72.9 Å². The van der Waals surface area contributed by atoms with E-state index in [2.05, 4.69) is 15.2 Å². The van der Waals surface area contributed by atoms with Gasteiger partial charge >= 0.3 is 0 Å². The molecular formula is C25H27N5O4S. The number of aromatic nitrogens is 2. The molecule has 2 unspecified atom stereocenters. The van der Waals surface area contributed by atoms with Gasteiger partial charge in [-0.25, -0.2) is 13.0 Å². The van der Waals surface area contributed by atoms with Gasteiger partial charge in [0, 0.05) is 31.7 Å². The molecule has 3 aromatic rings. The van der Waals surface area contributed by atoms with E-state index in [1.165, 1.54) is 24.3 Å². The molecule has 9 nitrogen and oxygen atoms in total. The fraction of sp³-hybridized carbons (Fsp3) is 0.440. The summed E-state index contributed by atoms with van der Waals surface area (Å²) in [6, 6.07) is 13.5. The Morgan fingerprint density at radius 2 is 1.80 bits per heavy atom. The van der Waals surface area contributed by atoms with E-state index < -0.39 is 9.84 Å². The molecule has 2 atom stereocenters. The highest BCUT2D eigenvalue weighted by atomic mass is 32.2. The van der Waals surface area contributed by atoms with E-state index in [9.17, 15) is 13.2 Å². The predicted molar refractivity (Wildman–Crippen MR) is 128 cm³/mol. The van der Waals surface area contributed by atoms with E-state index in [1.807, 2.05) is 18.0 Å². The summed E-state index contributed by atoms with van der Waals surface area (Å²) >= 11 is 0. The van der Waals surface area contributed by atoms with Gasteiger partial charge in [-0.3, -0.25) is 4.79 Å². The minimum atomic E-state index is -3.38. The molecule has 1 aromatic heterocycles. The lowest BCUT2D eigenvalue weighted by Crippen LogP contribution is -2.53. The molecule has 2 aliphatic rings. The van der Waals surface area contributed by atoms with E-state index >= 15 is 0 Å². The number of piperidine rings is 1. The van der Waals surface area contributed by atoms with E-state index in [1.54, 1.807) is 18.2 Å². The average Bonchev–Trinajstić information content (AvgIpc) is 3.44. The maximum Gasteiger partial charge on any atom is 0.253 e. The van der Waals surface area contributed by atoms with Crippen molar-refractivity contribution in [1.82, 2.24) is 20.1 Å². The van der Waals surface area contributed by atoms with Crippen LogP contribution in [0.3, 0.4) is 0 Å². The van der Waals surface area contributed by atoms with Crippen molar-refractivity contribution < 1.29 is 17.8 Å². The van der Waals surface area contributed by atoms with Gasteiger partial charge < -0.3 is 9.80 Å². The molecule has 1 saturated carbocycles. The number of carbonyl (C=O) groups is 1. The third kappa shape index (κ3) is 4.66. The molecule has 182 valence electrons. The average molecular weight is 494 g/mol. The molecule has 5 rings (SSSR count). The van der Waals surface area contributed by atoms with Crippen molar-refractivity contribution in [2.24, 2.45) is 11.8 Å². The quantitative estimate of drug-likeness (QED) is 0.493. The molecule has 0 N–H and O–H groups in total. The molecule has 2 fully saturated rings. The van der Waals surface area contributed by atoms with Crippen molar-refractivity contribution in [2.75, 3.05) is 32.4 Å². The zero-order valence-corrected chi connectivity index (χ0v) is 20.3. The van der Waals surface area contributed by atoms with Gasteiger partial charge in [0.1, 0.15) is 11.0 Å². The predicted octanol–water partition coefficient (Wildman–Crippen LogP) is 2.74. The van der Waals surface area contributed by atoms with Crippen LogP contribution in [0.1, 0.15) is 35.2 Å². The molecule has 1 aliphatic heterocycles. The van der Waals surface area contributed by atoms with Crippen molar-refractivity contribution in [1.29, 1.82) is 5.26 Å². The van der Waals surface area contributed by atoms with Gasteiger partial charge in [-0.2, -0.15) is 5.26 Å². The van der Waals surface area contributed by atoms with Gasteiger partial charge in [0.25, 0.3) is 5.91 Å². The number of rotatable bonds is 7. The summed E-state index contributed by atoms with van der Waals surface area (Å²) in [5.74, 6) is 0.788. The number of likely N-dealkylation sites (tertiary alicyclic amines) is 1. The molecule has 0 radical (unpaired) electrons. The Hall–Kier alpha value is -3.29. The van der Waals surface area contributed by atoms with Crippen molar-refractivity contribution in [3.63, 3.8) is 0 Å². The second-order valence-electron chi connectivity index (χ2n) is 9.54. The first kappa shape index (κ1) is 23.5. The Morgan fingerprint density at radius 3 is 2.49 bits per heavy atom. The van der Waals surface area contributed by atoms with Gasteiger partial charge in [-0.05, 0) is 90.4 Å². The number of hydrogen-bond acceptors (Lipinski definition) is 8. The summed E-state index contributed by atoms with van der Waals surface area (Å²) in [5, 5.41) is 16.5. The summed E-state index contributed by atoms with van der Waals surface area (Å²) in [4.78, 5) is 17.7. The second-order valence-corrected chi connectivity index (χ2v) is 11.6. The number of nitrogens with zero attached hydrogens (tertiary/aromatic N) is 5. The van der Waals surface area contributed by atoms with E-state index in [4.69, 9.17) is 9.89 Å². The number of nitriles is 1. The molecule has 2 aromatic carbocycles. The summed E-state index contributed by atoms with van der Waals surface area (Å²) in [5.41, 5.74) is 2.21. The lowest BCUT2D eigenvalue weighted by Gasteiger charge is -2.42. The number of carbonyl (C=O) groups excluding carboxylic acids is 1. The van der Waals surface area contributed by atoms with Gasteiger partial charge in [-0.1, -0.05) is 0 Å². The number of fused-ring (bicyclic) bond motifs is 3. The first-order chi connectivity index (χ1) is 16.9. The number of sulfone groups is 1. The third-order valence-electron chi connectivity index (χ3n) is 7.36. The van der Waals surface area contributed by atoms with Crippen LogP contribution in [0.4, 0.5) is 0 Å². The molecule has 1 aliphatic carbocycles. The lowest BCUT2D eigenvalue weighted by molar-refractivity contribution is 0.0435. The number of benzene rings is 2. The van der Waals surface area contributed by atoms with Gasteiger partial charge in [0.2, 0.25) is 0 Å². The van der Waals surface area contributed by atoms with Crippen molar-refractivity contribution >= 4 is 26.8 Å². The summed E-state index contributed by atoms with van der Waals surface area (Å²) in [6.45, 7) is 2.44. The SMILES string of the molecule is CN(C(=O)c1ccc2nonc2c1)C1C2CCC1CN(CCCS(=O)(=O)c1ccc(C#N)cc1)C2. The minimum absolute atomic E-state index is 0.0289. The third-order valence-corrected chi connectivity index (χ3v) is 9.17. The fourth-order valence-electron chi connectivity index (χ4n) is 5.69. The molecule has 1 saturated heterocycles. The van der Waals surface area contributed by atoms with Crippen LogP contribution in [0.2, 0.25) is 0 Å². The largest absolute Gasteiger partial charge is 0.338 e. The Kier molecular flexibility index (Phi) is 6.30. The highest BCUT2D eigenvalue weighted by Crippen LogP contribution is 2.40. The van der Waals surface area contributed by atoms with Crippen LogP contribution in [0, 0.1) is 23.2 Å². The number of amides is 1. The van der Waals surface area contributed by atoms with Gasteiger partial charge in [0.15, 0.2) is 9.84 Å². The Balaban J connectivity index is 1.18. The normalized spacial score (nSPS) is 22.2. The summed E-state index contributed by atoms with van der Waals surface area (Å²) < 4.78 is 30.1. The van der Waals surface area contributed by atoms with Crippen LogP contribution in [-0.2, 0) is 9.84 Å². The Labute approximate surface area is 204 Å². The zero-order chi connectivity index (χ0) is 24.6. The van der Waals surface area contributed by atoms with E-state index in [-0.39, 0.29) is 22.6 Å². The molecule has 2 heterocycles. The van der Waals surface area contributed by atoms with E-state index in [0.29, 0.717) is 47.0 Å². The monoisotopic (exact) mass is 493 g/mol. The lowest BCUT2D eigenvalue weighted by atomic mass is 9.90. The maximum absolute atomic E-state index is 13.2. The van der Waals surface area contributed by atoms with Crippen LogP contribution < -0.4 is 0 Å². The molecule has 35 heavy (non-hydrogen) atoms. The Morgan fingerprint density at radius 1 is 1.11 bits per heavy atom. The summed E-state index contributed by atoms with van der Waals surface area (Å²) in [7, 11) is -1.50. The molecule has 2 bridgehead atoms. The first-order valence-electron chi connectivity index (χ1n) is 11.8.